The van der Waals surface area contributed by atoms with E-state index >= 15 is 0 Å². The highest BCUT2D eigenvalue weighted by atomic mass is 16.4. The van der Waals surface area contributed by atoms with Crippen LogP contribution in [0, 0.1) is 0 Å². The van der Waals surface area contributed by atoms with Gasteiger partial charge in [0.2, 0.25) is 5.91 Å². The van der Waals surface area contributed by atoms with E-state index in [1.807, 2.05) is 0 Å². The molecule has 0 atom stereocenters. The fraction of sp³-hybridized carbons (Fsp3) is 0.438. The zero-order chi connectivity index (χ0) is 15.9. The zero-order valence-electron chi connectivity index (χ0n) is 12.4. The van der Waals surface area contributed by atoms with Crippen LogP contribution in [0.1, 0.15) is 42.5 Å². The lowest BCUT2D eigenvalue weighted by molar-refractivity contribution is -0.137. The second-order valence-electron chi connectivity index (χ2n) is 5.30. The Morgan fingerprint density at radius 2 is 1.91 bits per heavy atom. The molecular formula is C16H20N2O4. The summed E-state index contributed by atoms with van der Waals surface area (Å²) in [6, 6.07) is 6.96. The van der Waals surface area contributed by atoms with Gasteiger partial charge in [-0.15, -0.1) is 0 Å². The van der Waals surface area contributed by atoms with Crippen molar-refractivity contribution in [1.82, 2.24) is 5.32 Å². The smallest absolute Gasteiger partial charge is 0.303 e. The first-order valence-corrected chi connectivity index (χ1v) is 7.48. The third kappa shape index (κ3) is 4.31. The number of anilines is 1. The molecule has 118 valence electrons. The number of carbonyl (C=O) groups excluding carboxylic acids is 2. The third-order valence-electron chi connectivity index (χ3n) is 3.62. The van der Waals surface area contributed by atoms with Crippen molar-refractivity contribution in [2.45, 2.75) is 32.1 Å². The highest BCUT2D eigenvalue weighted by molar-refractivity contribution is 5.97. The van der Waals surface area contributed by atoms with Crippen molar-refractivity contribution in [2.75, 3.05) is 18.0 Å². The second kappa shape index (κ2) is 7.59. The molecule has 1 aliphatic heterocycles. The maximum atomic E-state index is 11.9. The Morgan fingerprint density at radius 1 is 1.18 bits per heavy atom. The zero-order valence-corrected chi connectivity index (χ0v) is 12.4. The number of carbonyl (C=O) groups is 3. The minimum Gasteiger partial charge on any atom is -0.481 e. The minimum atomic E-state index is -0.821. The van der Waals surface area contributed by atoms with Crippen molar-refractivity contribution in [1.29, 1.82) is 0 Å². The molecule has 0 aromatic heterocycles. The minimum absolute atomic E-state index is 0.119. The third-order valence-corrected chi connectivity index (χ3v) is 3.62. The van der Waals surface area contributed by atoms with Crippen LogP contribution in [-0.2, 0) is 9.59 Å². The number of amides is 2. The van der Waals surface area contributed by atoms with Gasteiger partial charge < -0.3 is 15.3 Å². The standard InChI is InChI=1S/C16H20N2O4/c19-14-4-3-11-18(14)13-8-6-12(7-9-13)16(22)17-10-2-1-5-15(20)21/h6-9H,1-5,10-11H2,(H,17,22)(H,20,21). The quantitative estimate of drug-likeness (QED) is 0.752. The number of carboxylic acids is 1. The van der Waals surface area contributed by atoms with Crippen LogP contribution in [-0.4, -0.2) is 36.0 Å². The van der Waals surface area contributed by atoms with E-state index in [1.54, 1.807) is 29.2 Å². The van der Waals surface area contributed by atoms with E-state index in [9.17, 15) is 14.4 Å². The molecular weight excluding hydrogens is 284 g/mol. The van der Waals surface area contributed by atoms with Gasteiger partial charge in [-0.3, -0.25) is 14.4 Å². The summed E-state index contributed by atoms with van der Waals surface area (Å²) in [6.45, 7) is 1.19. The Morgan fingerprint density at radius 3 is 2.50 bits per heavy atom. The molecule has 1 heterocycles. The van der Waals surface area contributed by atoms with Gasteiger partial charge in [0.1, 0.15) is 0 Å². The molecule has 6 heteroatoms. The monoisotopic (exact) mass is 304 g/mol. The lowest BCUT2D eigenvalue weighted by Gasteiger charge is -2.15. The number of carboxylic acid groups (broad SMARTS) is 1. The van der Waals surface area contributed by atoms with Gasteiger partial charge in [0.15, 0.2) is 0 Å². The van der Waals surface area contributed by atoms with Gasteiger partial charge in [0, 0.05) is 37.2 Å². The number of rotatable bonds is 7. The molecule has 0 unspecified atom stereocenters. The molecule has 6 nitrogen and oxygen atoms in total. The van der Waals surface area contributed by atoms with E-state index in [1.165, 1.54) is 0 Å². The van der Waals surface area contributed by atoms with Crippen molar-refractivity contribution < 1.29 is 19.5 Å². The molecule has 1 aromatic carbocycles. The van der Waals surface area contributed by atoms with Crippen molar-refractivity contribution in [2.24, 2.45) is 0 Å². The molecule has 2 rings (SSSR count). The molecule has 2 N–H and O–H groups in total. The van der Waals surface area contributed by atoms with Gasteiger partial charge in [0.25, 0.3) is 5.91 Å². The molecule has 0 aliphatic carbocycles. The molecule has 2 amide bonds. The fourth-order valence-corrected chi connectivity index (χ4v) is 2.42. The lowest BCUT2D eigenvalue weighted by atomic mass is 10.1. The first-order chi connectivity index (χ1) is 10.6. The number of nitrogens with one attached hydrogen (secondary N) is 1. The summed E-state index contributed by atoms with van der Waals surface area (Å²) in [5.41, 5.74) is 1.36. The summed E-state index contributed by atoms with van der Waals surface area (Å²) < 4.78 is 0. The Hall–Kier alpha value is -2.37. The van der Waals surface area contributed by atoms with Gasteiger partial charge in [0.05, 0.1) is 0 Å². The summed E-state index contributed by atoms with van der Waals surface area (Å²) in [4.78, 5) is 35.7. The van der Waals surface area contributed by atoms with E-state index in [0.717, 1.165) is 18.7 Å². The van der Waals surface area contributed by atoms with E-state index in [0.29, 0.717) is 31.4 Å². The normalized spacial score (nSPS) is 14.2. The average Bonchev–Trinajstić information content (AvgIpc) is 2.92. The van der Waals surface area contributed by atoms with E-state index in [4.69, 9.17) is 5.11 Å². The number of unbranched alkanes of at least 4 members (excludes halogenated alkanes) is 1. The van der Waals surface area contributed by atoms with E-state index in [2.05, 4.69) is 5.32 Å². The number of hydrogen-bond acceptors (Lipinski definition) is 3. The summed E-state index contributed by atoms with van der Waals surface area (Å²) in [6.07, 6.45) is 2.76. The molecule has 0 radical (unpaired) electrons. The van der Waals surface area contributed by atoms with Crippen LogP contribution in [0.5, 0.6) is 0 Å². The average molecular weight is 304 g/mol. The second-order valence-corrected chi connectivity index (χ2v) is 5.30. The lowest BCUT2D eigenvalue weighted by Crippen LogP contribution is -2.25. The van der Waals surface area contributed by atoms with Crippen molar-refractivity contribution in [3.05, 3.63) is 29.8 Å². The highest BCUT2D eigenvalue weighted by Gasteiger charge is 2.21. The van der Waals surface area contributed by atoms with Crippen LogP contribution < -0.4 is 10.2 Å². The maximum Gasteiger partial charge on any atom is 0.303 e. The maximum absolute atomic E-state index is 11.9. The van der Waals surface area contributed by atoms with Crippen LogP contribution in [0.15, 0.2) is 24.3 Å². The summed E-state index contributed by atoms with van der Waals surface area (Å²) in [7, 11) is 0. The van der Waals surface area contributed by atoms with Gasteiger partial charge in [-0.25, -0.2) is 0 Å². The molecule has 0 bridgehead atoms. The summed E-state index contributed by atoms with van der Waals surface area (Å²) in [5, 5.41) is 11.3. The number of aliphatic carboxylic acids is 1. The number of benzene rings is 1. The first kappa shape index (κ1) is 16.0. The SMILES string of the molecule is O=C(O)CCCCNC(=O)c1ccc(N2CCCC2=O)cc1. The summed E-state index contributed by atoms with van der Waals surface area (Å²) in [5.74, 6) is -0.886. The van der Waals surface area contributed by atoms with Crippen LogP contribution in [0.3, 0.4) is 0 Å². The highest BCUT2D eigenvalue weighted by Crippen LogP contribution is 2.21. The molecule has 1 aromatic rings. The number of hydrogen-bond donors (Lipinski definition) is 2. The molecule has 22 heavy (non-hydrogen) atoms. The van der Waals surface area contributed by atoms with Crippen molar-refractivity contribution in [3.63, 3.8) is 0 Å². The van der Waals surface area contributed by atoms with E-state index in [-0.39, 0.29) is 18.2 Å². The molecule has 0 saturated carbocycles. The van der Waals surface area contributed by atoms with Gasteiger partial charge >= 0.3 is 5.97 Å². The van der Waals surface area contributed by atoms with Gasteiger partial charge in [-0.2, -0.15) is 0 Å². The Bertz CT molecular complexity index is 554. The Balaban J connectivity index is 1.81. The van der Waals surface area contributed by atoms with Crippen molar-refractivity contribution >= 4 is 23.5 Å². The van der Waals surface area contributed by atoms with Crippen molar-refractivity contribution in [3.8, 4) is 0 Å². The predicted molar refractivity (Wildman–Crippen MR) is 81.8 cm³/mol. The van der Waals surface area contributed by atoms with Gasteiger partial charge in [-0.1, -0.05) is 0 Å². The first-order valence-electron chi connectivity index (χ1n) is 7.48. The van der Waals surface area contributed by atoms with Crippen LogP contribution in [0.4, 0.5) is 5.69 Å². The van der Waals surface area contributed by atoms with Crippen LogP contribution >= 0.6 is 0 Å². The Labute approximate surface area is 129 Å². The fourth-order valence-electron chi connectivity index (χ4n) is 2.42. The molecule has 1 aliphatic rings. The molecule has 0 spiro atoms. The largest absolute Gasteiger partial charge is 0.481 e. The number of nitrogens with zero attached hydrogens (tertiary/aromatic N) is 1. The van der Waals surface area contributed by atoms with Crippen LogP contribution in [0.25, 0.3) is 0 Å². The molecule has 1 fully saturated rings. The predicted octanol–water partition coefficient (Wildman–Crippen LogP) is 1.80. The van der Waals surface area contributed by atoms with E-state index < -0.39 is 5.97 Å². The Kier molecular flexibility index (Phi) is 5.52. The van der Waals surface area contributed by atoms with Crippen LogP contribution in [0.2, 0.25) is 0 Å². The molecule has 1 saturated heterocycles. The van der Waals surface area contributed by atoms with Gasteiger partial charge in [-0.05, 0) is 43.5 Å². The summed E-state index contributed by atoms with van der Waals surface area (Å²) >= 11 is 0. The topological polar surface area (TPSA) is 86.7 Å².